The summed E-state index contributed by atoms with van der Waals surface area (Å²) in [6.45, 7) is -2.12. The van der Waals surface area contributed by atoms with Gasteiger partial charge in [-0.15, -0.1) is 0 Å². The first-order valence-electron chi connectivity index (χ1n) is 11.9. The van der Waals surface area contributed by atoms with E-state index in [1.54, 1.807) is 0 Å². The molecule has 0 saturated carbocycles. The maximum absolute atomic E-state index is 7.73. The molecule has 0 amide bonds. The second-order valence-corrected chi connectivity index (χ2v) is 13.4. The van der Waals surface area contributed by atoms with Gasteiger partial charge in [0.05, 0.1) is 0 Å². The van der Waals surface area contributed by atoms with Crippen molar-refractivity contribution in [3.8, 4) is 5.75 Å². The van der Waals surface area contributed by atoms with Crippen molar-refractivity contribution in [2.45, 2.75) is 13.0 Å². The van der Waals surface area contributed by atoms with Gasteiger partial charge in [0.2, 0.25) is 0 Å². The van der Waals surface area contributed by atoms with E-state index < -0.39 is 6.62 Å². The van der Waals surface area contributed by atoms with Crippen molar-refractivity contribution in [1.29, 1.82) is 0 Å². The summed E-state index contributed by atoms with van der Waals surface area (Å²) >= 11 is 7.73. The fourth-order valence-electron chi connectivity index (χ4n) is 4.49. The number of benzene rings is 5. The zero-order valence-electron chi connectivity index (χ0n) is 19.5. The van der Waals surface area contributed by atoms with Gasteiger partial charge in [-0.05, 0) is 0 Å². The molecule has 5 rings (SSSR count). The van der Waals surface area contributed by atoms with Gasteiger partial charge in [-0.25, -0.2) is 0 Å². The molecule has 0 saturated heterocycles. The van der Waals surface area contributed by atoms with Gasteiger partial charge in [-0.3, -0.25) is 0 Å². The molecule has 5 aromatic rings. The van der Waals surface area contributed by atoms with E-state index in [-0.39, 0.29) is 0 Å². The Morgan fingerprint density at radius 2 is 1.03 bits per heavy atom. The summed E-state index contributed by atoms with van der Waals surface area (Å²) in [5.41, 5.74) is 3.66. The maximum atomic E-state index is 7.73. The number of hydrogen-bond acceptors (Lipinski definition) is 1. The van der Waals surface area contributed by atoms with Crippen molar-refractivity contribution in [2.24, 2.45) is 0 Å². The summed E-state index contributed by atoms with van der Waals surface area (Å²) < 4.78 is 5.98. The van der Waals surface area contributed by atoms with Crippen LogP contribution in [0.15, 0.2) is 140 Å². The van der Waals surface area contributed by atoms with Crippen LogP contribution < -0.4 is 20.7 Å². The van der Waals surface area contributed by atoms with Gasteiger partial charge in [0.15, 0.2) is 0 Å². The van der Waals surface area contributed by atoms with E-state index in [0.29, 0.717) is 6.61 Å². The van der Waals surface area contributed by atoms with Gasteiger partial charge in [0.25, 0.3) is 0 Å². The molecule has 0 atom stereocenters. The Labute approximate surface area is 213 Å². The van der Waals surface area contributed by atoms with Crippen LogP contribution in [-0.2, 0) is 13.0 Å². The second-order valence-electron chi connectivity index (χ2n) is 8.64. The van der Waals surface area contributed by atoms with Crippen LogP contribution in [0, 0.1) is 0 Å². The van der Waals surface area contributed by atoms with Crippen LogP contribution in [0.2, 0.25) is 0 Å². The number of hydrogen-bond donors (Lipinski definition) is 0. The molecule has 0 bridgehead atoms. The normalized spacial score (nSPS) is 11.7. The SMILES string of the molecule is Cl[PH](c1ccccc1)(c1ccccc1)c1ccccc1Cc1ccc(OCc2ccccc2)cc1. The van der Waals surface area contributed by atoms with Crippen LogP contribution in [0.4, 0.5) is 0 Å². The third-order valence-corrected chi connectivity index (χ3v) is 11.7. The standard InChI is InChI=1S/C32H28ClOP/c33-35(30-15-6-2-7-16-30,31-17-8-3-9-18-31)32-19-11-10-14-28(32)24-26-20-22-29(23-21-26)34-25-27-12-4-1-5-13-27/h1-23,35H,24-25H2. The summed E-state index contributed by atoms with van der Waals surface area (Å²) in [4.78, 5) is 0. The molecule has 0 heterocycles. The monoisotopic (exact) mass is 494 g/mol. The van der Waals surface area contributed by atoms with Crippen LogP contribution in [0.5, 0.6) is 5.75 Å². The third kappa shape index (κ3) is 5.33. The molecule has 0 unspecified atom stereocenters. The van der Waals surface area contributed by atoms with Gasteiger partial charge in [0.1, 0.15) is 0 Å². The van der Waals surface area contributed by atoms with Crippen LogP contribution in [-0.4, -0.2) is 0 Å². The van der Waals surface area contributed by atoms with Crippen LogP contribution in [0.25, 0.3) is 0 Å². The first-order chi connectivity index (χ1) is 17.2. The van der Waals surface area contributed by atoms with Crippen molar-refractivity contribution < 1.29 is 4.74 Å². The Morgan fingerprint density at radius 3 is 1.63 bits per heavy atom. The van der Waals surface area contributed by atoms with Crippen molar-refractivity contribution in [2.75, 3.05) is 0 Å². The van der Waals surface area contributed by atoms with E-state index in [1.807, 2.05) is 30.3 Å². The molecule has 0 N–H and O–H groups in total. The second kappa shape index (κ2) is 10.9. The minimum absolute atomic E-state index is 0.567. The average molecular weight is 495 g/mol. The van der Waals surface area contributed by atoms with Crippen molar-refractivity contribution in [3.63, 3.8) is 0 Å². The van der Waals surface area contributed by atoms with Crippen LogP contribution in [0.1, 0.15) is 16.7 Å². The van der Waals surface area contributed by atoms with E-state index in [1.165, 1.54) is 27.0 Å². The van der Waals surface area contributed by atoms with E-state index in [4.69, 9.17) is 16.0 Å². The van der Waals surface area contributed by atoms with Crippen LogP contribution in [0.3, 0.4) is 0 Å². The van der Waals surface area contributed by atoms with E-state index in [9.17, 15) is 0 Å². The van der Waals surface area contributed by atoms with Gasteiger partial charge >= 0.3 is 207 Å². The van der Waals surface area contributed by atoms with E-state index >= 15 is 0 Å². The zero-order valence-corrected chi connectivity index (χ0v) is 21.2. The molecular formula is C32H28ClOP. The van der Waals surface area contributed by atoms with E-state index in [2.05, 4.69) is 109 Å². The molecule has 0 aliphatic rings. The Kier molecular flexibility index (Phi) is 7.28. The molecule has 0 spiro atoms. The Bertz CT molecular complexity index is 1310. The van der Waals surface area contributed by atoms with Crippen molar-refractivity contribution >= 4 is 33.8 Å². The minimum atomic E-state index is -2.69. The zero-order chi connectivity index (χ0) is 23.9. The molecular weight excluding hydrogens is 467 g/mol. The molecule has 0 aliphatic heterocycles. The average Bonchev–Trinajstić information content (AvgIpc) is 2.94. The number of ether oxygens (including phenoxy) is 1. The molecule has 0 fully saturated rings. The summed E-state index contributed by atoms with van der Waals surface area (Å²) in [6.07, 6.45) is 0.816. The van der Waals surface area contributed by atoms with Crippen LogP contribution >= 0.6 is 17.9 Å². The molecule has 35 heavy (non-hydrogen) atoms. The first-order valence-corrected chi connectivity index (χ1v) is 14.9. The summed E-state index contributed by atoms with van der Waals surface area (Å²) in [6, 6.07) is 48.4. The predicted molar refractivity (Wildman–Crippen MR) is 152 cm³/mol. The fourth-order valence-corrected chi connectivity index (χ4v) is 9.00. The summed E-state index contributed by atoms with van der Waals surface area (Å²) in [5, 5.41) is 3.64. The first kappa shape index (κ1) is 23.4. The van der Waals surface area contributed by atoms with Gasteiger partial charge in [-0.1, -0.05) is 6.07 Å². The summed E-state index contributed by atoms with van der Waals surface area (Å²) in [7, 11) is 0. The fraction of sp³-hybridized carbons (Fsp3) is 0.0625. The molecule has 0 aromatic heterocycles. The van der Waals surface area contributed by atoms with E-state index in [0.717, 1.165) is 17.7 Å². The molecule has 0 radical (unpaired) electrons. The van der Waals surface area contributed by atoms with Gasteiger partial charge < -0.3 is 0 Å². The van der Waals surface area contributed by atoms with Gasteiger partial charge in [-0.2, -0.15) is 0 Å². The Balaban J connectivity index is 1.43. The van der Waals surface area contributed by atoms with Gasteiger partial charge in [0, 0.05) is 0 Å². The molecule has 174 valence electrons. The number of rotatable bonds is 8. The molecule has 0 aliphatic carbocycles. The van der Waals surface area contributed by atoms with Crippen molar-refractivity contribution in [3.05, 3.63) is 156 Å². The Hall–Kier alpha value is -3.38. The molecule has 5 aromatic carbocycles. The predicted octanol–water partition coefficient (Wildman–Crippen LogP) is 7.04. The molecule has 1 nitrogen and oxygen atoms in total. The molecule has 3 heteroatoms. The van der Waals surface area contributed by atoms with Crippen molar-refractivity contribution in [1.82, 2.24) is 0 Å². The Morgan fingerprint density at radius 1 is 0.514 bits per heavy atom. The quantitative estimate of drug-likeness (QED) is 0.210. The third-order valence-electron chi connectivity index (χ3n) is 6.30. The topological polar surface area (TPSA) is 9.23 Å². The number of halogens is 1. The summed E-state index contributed by atoms with van der Waals surface area (Å²) in [5.74, 6) is 0.875.